The number of hydrogen-bond donors (Lipinski definition) is 1. The van der Waals surface area contributed by atoms with Crippen LogP contribution < -0.4 is 5.32 Å². The van der Waals surface area contributed by atoms with E-state index in [1.807, 2.05) is 0 Å². The number of amides is 1. The standard InChI is InChI=1S/C18H18FN3O3/c19-15-6-3-5-13(10-15)17-12-20-8-9-21(17)18(23)11-14-4-1-2-7-16(14)22(24)25/h1-7,10,17,20H,8-9,11-12H2. The Labute approximate surface area is 144 Å². The summed E-state index contributed by atoms with van der Waals surface area (Å²) in [6.45, 7) is 1.63. The maximum Gasteiger partial charge on any atom is 0.273 e. The first kappa shape index (κ1) is 17.0. The highest BCUT2D eigenvalue weighted by Gasteiger charge is 2.29. The second-order valence-corrected chi connectivity index (χ2v) is 5.92. The van der Waals surface area contributed by atoms with Crippen molar-refractivity contribution >= 4 is 11.6 Å². The highest BCUT2D eigenvalue weighted by molar-refractivity contribution is 5.80. The molecule has 130 valence electrons. The van der Waals surface area contributed by atoms with Crippen LogP contribution in [0.25, 0.3) is 0 Å². The summed E-state index contributed by atoms with van der Waals surface area (Å²) in [6.07, 6.45) is -0.0526. The monoisotopic (exact) mass is 343 g/mol. The Morgan fingerprint density at radius 2 is 2.08 bits per heavy atom. The molecule has 0 aliphatic carbocycles. The van der Waals surface area contributed by atoms with Crippen LogP contribution in [0.1, 0.15) is 17.2 Å². The number of hydrogen-bond acceptors (Lipinski definition) is 4. The van der Waals surface area contributed by atoms with E-state index < -0.39 is 4.92 Å². The van der Waals surface area contributed by atoms with Gasteiger partial charge in [0, 0.05) is 31.3 Å². The number of nitro benzene ring substituents is 1. The first-order chi connectivity index (χ1) is 12.1. The van der Waals surface area contributed by atoms with E-state index in [0.29, 0.717) is 30.8 Å². The summed E-state index contributed by atoms with van der Waals surface area (Å²) in [6, 6.07) is 12.1. The molecule has 25 heavy (non-hydrogen) atoms. The van der Waals surface area contributed by atoms with Gasteiger partial charge in [0.15, 0.2) is 0 Å². The Bertz CT molecular complexity index is 797. The average Bonchev–Trinajstić information content (AvgIpc) is 2.62. The number of carbonyl (C=O) groups is 1. The maximum atomic E-state index is 13.5. The third-order valence-corrected chi connectivity index (χ3v) is 4.33. The lowest BCUT2D eigenvalue weighted by atomic mass is 10.0. The van der Waals surface area contributed by atoms with Gasteiger partial charge >= 0.3 is 0 Å². The third-order valence-electron chi connectivity index (χ3n) is 4.33. The molecule has 0 aromatic heterocycles. The minimum Gasteiger partial charge on any atom is -0.333 e. The minimum atomic E-state index is -0.482. The summed E-state index contributed by atoms with van der Waals surface area (Å²) in [4.78, 5) is 25.1. The molecule has 1 atom stereocenters. The van der Waals surface area contributed by atoms with E-state index >= 15 is 0 Å². The number of nitro groups is 1. The van der Waals surface area contributed by atoms with Crippen LogP contribution in [0.15, 0.2) is 48.5 Å². The Kier molecular flexibility index (Phi) is 5.04. The fourth-order valence-electron chi connectivity index (χ4n) is 3.12. The van der Waals surface area contributed by atoms with Crippen molar-refractivity contribution in [3.63, 3.8) is 0 Å². The van der Waals surface area contributed by atoms with E-state index in [2.05, 4.69) is 5.32 Å². The fourth-order valence-corrected chi connectivity index (χ4v) is 3.12. The van der Waals surface area contributed by atoms with Gasteiger partial charge < -0.3 is 10.2 Å². The Morgan fingerprint density at radius 3 is 2.84 bits per heavy atom. The molecule has 0 bridgehead atoms. The molecule has 1 fully saturated rings. The predicted molar refractivity (Wildman–Crippen MR) is 90.5 cm³/mol. The van der Waals surface area contributed by atoms with Crippen molar-refractivity contribution in [2.45, 2.75) is 12.5 Å². The quantitative estimate of drug-likeness (QED) is 0.683. The zero-order valence-corrected chi connectivity index (χ0v) is 13.5. The van der Waals surface area contributed by atoms with E-state index in [1.54, 1.807) is 35.2 Å². The molecule has 1 aliphatic rings. The number of nitrogens with one attached hydrogen (secondary N) is 1. The predicted octanol–water partition coefficient (Wildman–Crippen LogP) is 2.45. The second-order valence-electron chi connectivity index (χ2n) is 5.92. The van der Waals surface area contributed by atoms with Crippen LogP contribution >= 0.6 is 0 Å². The number of para-hydroxylation sites is 1. The van der Waals surface area contributed by atoms with E-state index in [4.69, 9.17) is 0 Å². The number of carbonyl (C=O) groups excluding carboxylic acids is 1. The first-order valence-electron chi connectivity index (χ1n) is 8.04. The lowest BCUT2D eigenvalue weighted by molar-refractivity contribution is -0.385. The smallest absolute Gasteiger partial charge is 0.273 e. The van der Waals surface area contributed by atoms with Crippen LogP contribution in [0, 0.1) is 15.9 Å². The maximum absolute atomic E-state index is 13.5. The Hall–Kier alpha value is -2.80. The van der Waals surface area contributed by atoms with E-state index in [-0.39, 0.29) is 29.9 Å². The van der Waals surface area contributed by atoms with Crippen molar-refractivity contribution in [1.82, 2.24) is 10.2 Å². The summed E-state index contributed by atoms with van der Waals surface area (Å²) in [5.74, 6) is -0.556. The molecule has 0 spiro atoms. The van der Waals surface area contributed by atoms with Crippen LogP contribution in [0.5, 0.6) is 0 Å². The van der Waals surface area contributed by atoms with Gasteiger partial charge in [-0.2, -0.15) is 0 Å². The number of halogens is 1. The molecule has 1 N–H and O–H groups in total. The molecule has 2 aromatic carbocycles. The number of piperazine rings is 1. The molecule has 0 saturated carbocycles. The highest BCUT2D eigenvalue weighted by atomic mass is 19.1. The van der Waals surface area contributed by atoms with Crippen LogP contribution in [0.4, 0.5) is 10.1 Å². The largest absolute Gasteiger partial charge is 0.333 e. The van der Waals surface area contributed by atoms with Crippen molar-refractivity contribution in [2.75, 3.05) is 19.6 Å². The third kappa shape index (κ3) is 3.83. The van der Waals surface area contributed by atoms with Gasteiger partial charge in [0.2, 0.25) is 5.91 Å². The number of rotatable bonds is 4. The van der Waals surface area contributed by atoms with Gasteiger partial charge in [-0.1, -0.05) is 30.3 Å². The molecule has 2 aromatic rings. The molecule has 0 radical (unpaired) electrons. The second kappa shape index (κ2) is 7.40. The van der Waals surface area contributed by atoms with Crippen LogP contribution in [-0.2, 0) is 11.2 Å². The van der Waals surface area contributed by atoms with Gasteiger partial charge in [0.1, 0.15) is 5.82 Å². The van der Waals surface area contributed by atoms with Crippen molar-refractivity contribution < 1.29 is 14.1 Å². The Morgan fingerprint density at radius 1 is 1.28 bits per heavy atom. The van der Waals surface area contributed by atoms with Crippen molar-refractivity contribution in [3.8, 4) is 0 Å². The minimum absolute atomic E-state index is 0.0526. The van der Waals surface area contributed by atoms with Gasteiger partial charge in [-0.15, -0.1) is 0 Å². The van der Waals surface area contributed by atoms with Gasteiger partial charge in [0.05, 0.1) is 17.4 Å². The van der Waals surface area contributed by atoms with Crippen molar-refractivity contribution in [3.05, 3.63) is 75.6 Å². The van der Waals surface area contributed by atoms with E-state index in [9.17, 15) is 19.3 Å². The fraction of sp³-hybridized carbons (Fsp3) is 0.278. The van der Waals surface area contributed by atoms with Crippen molar-refractivity contribution in [1.29, 1.82) is 0 Å². The molecular weight excluding hydrogens is 325 g/mol. The summed E-state index contributed by atoms with van der Waals surface area (Å²) in [7, 11) is 0. The molecule has 3 rings (SSSR count). The molecule has 6 nitrogen and oxygen atoms in total. The van der Waals surface area contributed by atoms with Gasteiger partial charge in [0.25, 0.3) is 5.69 Å². The van der Waals surface area contributed by atoms with E-state index in [0.717, 1.165) is 0 Å². The Balaban J connectivity index is 1.83. The number of nitrogens with zero attached hydrogens (tertiary/aromatic N) is 2. The lowest BCUT2D eigenvalue weighted by Crippen LogP contribution is -2.49. The zero-order chi connectivity index (χ0) is 17.8. The molecular formula is C18H18FN3O3. The number of benzene rings is 2. The molecule has 1 aliphatic heterocycles. The van der Waals surface area contributed by atoms with Gasteiger partial charge in [-0.3, -0.25) is 14.9 Å². The zero-order valence-electron chi connectivity index (χ0n) is 13.5. The van der Waals surface area contributed by atoms with Crippen LogP contribution in [0.2, 0.25) is 0 Å². The van der Waals surface area contributed by atoms with Gasteiger partial charge in [-0.05, 0) is 17.7 Å². The summed E-state index contributed by atoms with van der Waals surface area (Å²) in [5, 5.41) is 14.3. The topological polar surface area (TPSA) is 75.5 Å². The lowest BCUT2D eigenvalue weighted by Gasteiger charge is -2.36. The summed E-state index contributed by atoms with van der Waals surface area (Å²) < 4.78 is 13.5. The molecule has 1 heterocycles. The highest BCUT2D eigenvalue weighted by Crippen LogP contribution is 2.25. The molecule has 1 unspecified atom stereocenters. The van der Waals surface area contributed by atoms with Gasteiger partial charge in [-0.25, -0.2) is 4.39 Å². The van der Waals surface area contributed by atoms with E-state index in [1.165, 1.54) is 18.2 Å². The normalized spacial score (nSPS) is 17.3. The van der Waals surface area contributed by atoms with Crippen LogP contribution in [-0.4, -0.2) is 35.4 Å². The summed E-state index contributed by atoms with van der Waals surface area (Å²) in [5.41, 5.74) is 1.03. The summed E-state index contributed by atoms with van der Waals surface area (Å²) >= 11 is 0. The first-order valence-corrected chi connectivity index (χ1v) is 8.04. The molecule has 1 amide bonds. The van der Waals surface area contributed by atoms with Crippen molar-refractivity contribution in [2.24, 2.45) is 0 Å². The average molecular weight is 343 g/mol. The molecule has 1 saturated heterocycles. The van der Waals surface area contributed by atoms with Crippen LogP contribution in [0.3, 0.4) is 0 Å². The molecule has 7 heteroatoms. The SMILES string of the molecule is O=C(Cc1ccccc1[N+](=O)[O-])N1CCNCC1c1cccc(F)c1.